The van der Waals surface area contributed by atoms with Crippen LogP contribution in [0.15, 0.2) is 63.5 Å². The Labute approximate surface area is 196 Å². The van der Waals surface area contributed by atoms with Crippen LogP contribution in [0.25, 0.3) is 10.8 Å². The summed E-state index contributed by atoms with van der Waals surface area (Å²) in [6.45, 7) is 0.593. The molecule has 0 saturated heterocycles. The fourth-order valence-electron chi connectivity index (χ4n) is 2.70. The minimum absolute atomic E-state index is 0.257. The molecule has 0 fully saturated rings. The van der Waals surface area contributed by atoms with Crippen LogP contribution in [0, 0.1) is 0 Å². The van der Waals surface area contributed by atoms with E-state index in [1.54, 1.807) is 31.4 Å². The predicted molar refractivity (Wildman–Crippen MR) is 124 cm³/mol. The Morgan fingerprint density at radius 2 is 1.68 bits per heavy atom. The Bertz CT molecular complexity index is 1090. The van der Waals surface area contributed by atoms with Crippen molar-refractivity contribution in [2.75, 3.05) is 26.9 Å². The van der Waals surface area contributed by atoms with Gasteiger partial charge in [0.2, 0.25) is 0 Å². The highest BCUT2D eigenvalue weighted by Gasteiger charge is 2.12. The lowest BCUT2D eigenvalue weighted by Gasteiger charge is -2.12. The van der Waals surface area contributed by atoms with Gasteiger partial charge in [-0.2, -0.15) is 0 Å². The molecule has 3 aromatic rings. The quantitative estimate of drug-likeness (QED) is 0.323. The van der Waals surface area contributed by atoms with Gasteiger partial charge in [0.25, 0.3) is 11.8 Å². The first-order chi connectivity index (χ1) is 15.0. The van der Waals surface area contributed by atoms with E-state index in [9.17, 15) is 9.59 Å². The number of halogens is 2. The maximum Gasteiger partial charge on any atom is 0.276 e. The van der Waals surface area contributed by atoms with E-state index in [2.05, 4.69) is 42.7 Å². The molecule has 0 spiro atoms. The van der Waals surface area contributed by atoms with Gasteiger partial charge < -0.3 is 14.2 Å². The Morgan fingerprint density at radius 3 is 2.45 bits per heavy atom. The molecule has 0 aliphatic carbocycles. The van der Waals surface area contributed by atoms with Crippen molar-refractivity contribution in [1.29, 1.82) is 0 Å². The molecule has 0 radical (unpaired) electrons. The van der Waals surface area contributed by atoms with Crippen molar-refractivity contribution in [2.24, 2.45) is 0 Å². The van der Waals surface area contributed by atoms with Crippen LogP contribution in [-0.2, 0) is 9.53 Å². The number of nitrogens with one attached hydrogen (secondary N) is 2. The van der Waals surface area contributed by atoms with E-state index in [0.717, 1.165) is 15.2 Å². The van der Waals surface area contributed by atoms with Crippen molar-refractivity contribution < 1.29 is 23.8 Å². The number of ether oxygens (including phenoxy) is 3. The van der Waals surface area contributed by atoms with Crippen LogP contribution < -0.4 is 20.3 Å². The van der Waals surface area contributed by atoms with Gasteiger partial charge >= 0.3 is 0 Å². The summed E-state index contributed by atoms with van der Waals surface area (Å²) in [6, 6.07) is 16.4. The average Bonchev–Trinajstić information content (AvgIpc) is 2.78. The monoisotopic (exact) mass is 550 g/mol. The minimum Gasteiger partial charge on any atom is -0.490 e. The van der Waals surface area contributed by atoms with Crippen LogP contribution in [0.5, 0.6) is 11.5 Å². The van der Waals surface area contributed by atoms with Crippen molar-refractivity contribution in [3.63, 3.8) is 0 Å². The molecular weight excluding hydrogens is 532 g/mol. The van der Waals surface area contributed by atoms with Gasteiger partial charge in [-0.1, -0.05) is 30.3 Å². The standard InChI is InChI=1S/C22H20Br2N2O5/c1-29-10-11-30-18-8-7-15(12-17(18)23)22(28)26-25-20(27)13-31-19-9-6-14-4-2-3-5-16(14)21(19)24/h2-9,12H,10-11,13H2,1H3,(H,25,27)(H,26,28). The molecule has 31 heavy (non-hydrogen) atoms. The summed E-state index contributed by atoms with van der Waals surface area (Å²) in [5, 5.41) is 2.04. The van der Waals surface area contributed by atoms with Crippen LogP contribution in [0.1, 0.15) is 10.4 Å². The van der Waals surface area contributed by atoms with Crippen molar-refractivity contribution in [3.05, 3.63) is 69.1 Å². The van der Waals surface area contributed by atoms with Gasteiger partial charge in [-0.3, -0.25) is 20.4 Å². The van der Waals surface area contributed by atoms with Gasteiger partial charge in [-0.25, -0.2) is 0 Å². The smallest absolute Gasteiger partial charge is 0.276 e. The molecule has 0 aliphatic heterocycles. The van der Waals surface area contributed by atoms with Crippen molar-refractivity contribution >= 4 is 54.4 Å². The highest BCUT2D eigenvalue weighted by molar-refractivity contribution is 9.11. The van der Waals surface area contributed by atoms with Gasteiger partial charge in [0.15, 0.2) is 6.61 Å². The number of hydrogen-bond acceptors (Lipinski definition) is 5. The lowest BCUT2D eigenvalue weighted by Crippen LogP contribution is -2.43. The zero-order valence-corrected chi connectivity index (χ0v) is 19.8. The summed E-state index contributed by atoms with van der Waals surface area (Å²) in [6.07, 6.45) is 0. The molecular formula is C22H20Br2N2O5. The first kappa shape index (κ1) is 23.1. The summed E-state index contributed by atoms with van der Waals surface area (Å²) in [5.74, 6) is 0.163. The van der Waals surface area contributed by atoms with Crippen LogP contribution >= 0.6 is 31.9 Å². The Morgan fingerprint density at radius 1 is 0.903 bits per heavy atom. The number of rotatable bonds is 8. The molecule has 0 aliphatic rings. The lowest BCUT2D eigenvalue weighted by atomic mass is 10.1. The highest BCUT2D eigenvalue weighted by Crippen LogP contribution is 2.33. The zero-order valence-electron chi connectivity index (χ0n) is 16.6. The molecule has 0 bridgehead atoms. The topological polar surface area (TPSA) is 85.9 Å². The number of hydrogen-bond donors (Lipinski definition) is 2. The molecule has 162 valence electrons. The average molecular weight is 552 g/mol. The molecule has 2 N–H and O–H groups in total. The molecule has 0 aromatic heterocycles. The summed E-state index contributed by atoms with van der Waals surface area (Å²) in [5.41, 5.74) is 5.06. The second-order valence-electron chi connectivity index (χ2n) is 6.38. The predicted octanol–water partition coefficient (Wildman–Crippen LogP) is 4.23. The SMILES string of the molecule is COCCOc1ccc(C(=O)NNC(=O)COc2ccc3ccccc3c2Br)cc1Br. The number of fused-ring (bicyclic) bond motifs is 1. The van der Waals surface area contributed by atoms with Gasteiger partial charge in [-0.05, 0) is 66.9 Å². The van der Waals surface area contributed by atoms with Crippen molar-refractivity contribution in [3.8, 4) is 11.5 Å². The van der Waals surface area contributed by atoms with Crippen LogP contribution in [-0.4, -0.2) is 38.7 Å². The second kappa shape index (κ2) is 11.1. The number of carbonyl (C=O) groups is 2. The largest absolute Gasteiger partial charge is 0.490 e. The fourth-order valence-corrected chi connectivity index (χ4v) is 3.80. The molecule has 0 saturated carbocycles. The van der Waals surface area contributed by atoms with Crippen molar-refractivity contribution in [2.45, 2.75) is 0 Å². The van der Waals surface area contributed by atoms with Crippen LogP contribution in [0.4, 0.5) is 0 Å². The third-order valence-corrected chi connectivity index (χ3v) is 5.68. The maximum absolute atomic E-state index is 12.3. The third-order valence-electron chi connectivity index (χ3n) is 4.24. The van der Waals surface area contributed by atoms with Gasteiger partial charge in [0, 0.05) is 12.7 Å². The Hall–Kier alpha value is -2.62. The third kappa shape index (κ3) is 6.19. The van der Waals surface area contributed by atoms with Gasteiger partial charge in [0.1, 0.15) is 18.1 Å². The summed E-state index contributed by atoms with van der Waals surface area (Å²) in [4.78, 5) is 24.4. The molecule has 3 rings (SSSR count). The fraction of sp³-hybridized carbons (Fsp3) is 0.182. The number of carbonyl (C=O) groups excluding carboxylic acids is 2. The first-order valence-corrected chi connectivity index (χ1v) is 10.9. The molecule has 0 atom stereocenters. The summed E-state index contributed by atoms with van der Waals surface area (Å²) in [7, 11) is 1.59. The van der Waals surface area contributed by atoms with E-state index in [0.29, 0.717) is 34.7 Å². The van der Waals surface area contributed by atoms with E-state index in [1.165, 1.54) is 0 Å². The summed E-state index contributed by atoms with van der Waals surface area (Å²) < 4.78 is 17.4. The number of methoxy groups -OCH3 is 1. The lowest BCUT2D eigenvalue weighted by molar-refractivity contribution is -0.123. The van der Waals surface area contributed by atoms with Gasteiger partial charge in [-0.15, -0.1) is 0 Å². The van der Waals surface area contributed by atoms with E-state index in [4.69, 9.17) is 14.2 Å². The zero-order chi connectivity index (χ0) is 22.2. The highest BCUT2D eigenvalue weighted by atomic mass is 79.9. The molecule has 0 unspecified atom stereocenters. The normalized spacial score (nSPS) is 10.5. The number of benzene rings is 3. The Balaban J connectivity index is 1.51. The van der Waals surface area contributed by atoms with E-state index in [1.807, 2.05) is 30.3 Å². The molecule has 9 heteroatoms. The van der Waals surface area contributed by atoms with E-state index >= 15 is 0 Å². The molecule has 0 heterocycles. The summed E-state index contributed by atoms with van der Waals surface area (Å²) >= 11 is 6.87. The maximum atomic E-state index is 12.3. The molecule has 3 aromatic carbocycles. The molecule has 2 amide bonds. The number of hydrazine groups is 1. The van der Waals surface area contributed by atoms with E-state index in [-0.39, 0.29) is 6.61 Å². The minimum atomic E-state index is -0.494. The van der Waals surface area contributed by atoms with Crippen LogP contribution in [0.2, 0.25) is 0 Å². The first-order valence-electron chi connectivity index (χ1n) is 9.30. The molecule has 7 nitrogen and oxygen atoms in total. The second-order valence-corrected chi connectivity index (χ2v) is 8.02. The number of amides is 2. The van der Waals surface area contributed by atoms with Crippen LogP contribution in [0.3, 0.4) is 0 Å². The van der Waals surface area contributed by atoms with Crippen molar-refractivity contribution in [1.82, 2.24) is 10.9 Å². The Kier molecular flexibility index (Phi) is 8.27. The van der Waals surface area contributed by atoms with Gasteiger partial charge in [0.05, 0.1) is 15.6 Å². The van der Waals surface area contributed by atoms with E-state index < -0.39 is 11.8 Å².